The predicted octanol–water partition coefficient (Wildman–Crippen LogP) is 1.87. The van der Waals surface area contributed by atoms with Crippen molar-refractivity contribution in [3.63, 3.8) is 0 Å². The molecule has 0 fully saturated rings. The number of carbonyl (C=O) groups is 2. The Hall–Kier alpha value is -2.64. The van der Waals surface area contributed by atoms with Crippen LogP contribution < -0.4 is 9.64 Å². The zero-order chi connectivity index (χ0) is 20.3. The molecule has 148 valence electrons. The van der Waals surface area contributed by atoms with Gasteiger partial charge in [0.15, 0.2) is 5.76 Å². The summed E-state index contributed by atoms with van der Waals surface area (Å²) in [6.45, 7) is 1.35. The highest BCUT2D eigenvalue weighted by molar-refractivity contribution is 7.12. The lowest BCUT2D eigenvalue weighted by atomic mass is 9.95. The number of rotatable bonds is 8. The Morgan fingerprint density at radius 3 is 2.54 bits per heavy atom. The van der Waals surface area contributed by atoms with Gasteiger partial charge in [-0.1, -0.05) is 18.2 Å². The molecule has 1 atom stereocenters. The minimum atomic E-state index is -0.606. The van der Waals surface area contributed by atoms with E-state index in [9.17, 15) is 14.7 Å². The van der Waals surface area contributed by atoms with Crippen LogP contribution in [-0.2, 0) is 4.79 Å². The number of aliphatic hydroxyl groups excluding tert-OH is 1. The number of nitrogens with one attached hydrogen (secondary N) is 1. The highest BCUT2D eigenvalue weighted by Crippen LogP contribution is 2.39. The molecule has 0 saturated carbocycles. The van der Waals surface area contributed by atoms with E-state index in [2.05, 4.69) is 0 Å². The van der Waals surface area contributed by atoms with Crippen molar-refractivity contribution in [2.24, 2.45) is 0 Å². The number of carbonyl (C=O) groups excluding carboxylic acids is 2. The molecule has 2 heterocycles. The molecule has 0 radical (unpaired) electrons. The van der Waals surface area contributed by atoms with E-state index in [0.717, 1.165) is 18.5 Å². The molecule has 3 rings (SSSR count). The molecule has 0 aliphatic carbocycles. The van der Waals surface area contributed by atoms with Crippen LogP contribution in [0, 0.1) is 0 Å². The quantitative estimate of drug-likeness (QED) is 0.663. The topological polar surface area (TPSA) is 71.3 Å². The molecule has 7 heteroatoms. The Morgan fingerprint density at radius 2 is 1.96 bits per heavy atom. The number of thiophene rings is 1. The standard InChI is InChI=1S/C21H24N2O4S/c1-22(2)11-5-12-23-18(14-7-9-15(27-3)10-8-14)17(20(25)21(23)26)19(24)16-6-4-13-28-16/h4,6-10,13,18,25H,5,11-12H2,1-3H3/p+1/t18-/m1/s1. The molecule has 0 unspecified atom stereocenters. The van der Waals surface area contributed by atoms with Crippen LogP contribution in [0.4, 0.5) is 0 Å². The summed E-state index contributed by atoms with van der Waals surface area (Å²) in [4.78, 5) is 29.3. The summed E-state index contributed by atoms with van der Waals surface area (Å²) in [5, 5.41) is 12.4. The van der Waals surface area contributed by atoms with Crippen LogP contribution in [0.5, 0.6) is 5.75 Å². The Bertz CT molecular complexity index is 872. The van der Waals surface area contributed by atoms with Crippen molar-refractivity contribution < 1.29 is 24.3 Å². The smallest absolute Gasteiger partial charge is 0.290 e. The number of ketones is 1. The van der Waals surface area contributed by atoms with Gasteiger partial charge in [0.05, 0.1) is 44.2 Å². The van der Waals surface area contributed by atoms with Gasteiger partial charge in [-0.15, -0.1) is 11.3 Å². The third-order valence-electron chi connectivity index (χ3n) is 4.80. The normalized spacial score (nSPS) is 16.9. The molecule has 28 heavy (non-hydrogen) atoms. The monoisotopic (exact) mass is 401 g/mol. The number of benzene rings is 1. The van der Waals surface area contributed by atoms with E-state index in [1.165, 1.54) is 16.2 Å². The summed E-state index contributed by atoms with van der Waals surface area (Å²) in [6, 6.07) is 10.1. The lowest BCUT2D eigenvalue weighted by molar-refractivity contribution is -0.858. The first-order valence-corrected chi connectivity index (χ1v) is 10.1. The van der Waals surface area contributed by atoms with Crippen molar-refractivity contribution in [2.45, 2.75) is 12.5 Å². The molecule has 1 aromatic carbocycles. The molecule has 6 nitrogen and oxygen atoms in total. The van der Waals surface area contributed by atoms with Gasteiger partial charge in [0.2, 0.25) is 5.78 Å². The first kappa shape index (κ1) is 20.1. The first-order valence-electron chi connectivity index (χ1n) is 9.19. The van der Waals surface area contributed by atoms with Gasteiger partial charge in [-0.2, -0.15) is 0 Å². The molecule has 1 amide bonds. The van der Waals surface area contributed by atoms with Gasteiger partial charge < -0.3 is 19.6 Å². The summed E-state index contributed by atoms with van der Waals surface area (Å²) in [7, 11) is 5.68. The first-order chi connectivity index (χ1) is 13.4. The molecular formula is C21H25N2O4S+. The zero-order valence-corrected chi connectivity index (χ0v) is 17.1. The van der Waals surface area contributed by atoms with Crippen molar-refractivity contribution in [2.75, 3.05) is 34.3 Å². The molecule has 1 aromatic heterocycles. The van der Waals surface area contributed by atoms with Crippen LogP contribution in [0.25, 0.3) is 0 Å². The highest BCUT2D eigenvalue weighted by atomic mass is 32.1. The van der Waals surface area contributed by atoms with Crippen molar-refractivity contribution >= 4 is 23.0 Å². The van der Waals surface area contributed by atoms with Crippen molar-refractivity contribution in [3.8, 4) is 5.75 Å². The maximum atomic E-state index is 13.1. The van der Waals surface area contributed by atoms with E-state index in [4.69, 9.17) is 4.74 Å². The Balaban J connectivity index is 1.99. The van der Waals surface area contributed by atoms with Gasteiger partial charge in [0, 0.05) is 13.0 Å². The van der Waals surface area contributed by atoms with Gasteiger partial charge in [-0.05, 0) is 29.1 Å². The predicted molar refractivity (Wildman–Crippen MR) is 108 cm³/mol. The van der Waals surface area contributed by atoms with Crippen LogP contribution in [-0.4, -0.2) is 56.0 Å². The van der Waals surface area contributed by atoms with Gasteiger partial charge in [-0.25, -0.2) is 0 Å². The molecule has 1 aliphatic heterocycles. The molecule has 0 saturated heterocycles. The molecule has 2 N–H and O–H groups in total. The number of quaternary nitrogens is 1. The Labute approximate surface area is 168 Å². The second-order valence-corrected chi connectivity index (χ2v) is 8.00. The van der Waals surface area contributed by atoms with Crippen molar-refractivity contribution in [3.05, 3.63) is 63.6 Å². The van der Waals surface area contributed by atoms with Gasteiger partial charge >= 0.3 is 0 Å². The molecule has 2 aromatic rings. The number of nitrogens with zero attached hydrogens (tertiary/aromatic N) is 1. The lowest BCUT2D eigenvalue weighted by Crippen LogP contribution is -3.05. The number of aliphatic hydroxyl groups is 1. The summed E-state index contributed by atoms with van der Waals surface area (Å²) < 4.78 is 5.22. The minimum Gasteiger partial charge on any atom is -0.503 e. The lowest BCUT2D eigenvalue weighted by Gasteiger charge is -2.27. The third-order valence-corrected chi connectivity index (χ3v) is 5.67. The van der Waals surface area contributed by atoms with E-state index < -0.39 is 17.7 Å². The Morgan fingerprint density at radius 1 is 1.25 bits per heavy atom. The van der Waals surface area contributed by atoms with Crippen LogP contribution in [0.3, 0.4) is 0 Å². The van der Waals surface area contributed by atoms with Crippen LogP contribution in [0.1, 0.15) is 27.7 Å². The number of hydrogen-bond acceptors (Lipinski definition) is 5. The van der Waals surface area contributed by atoms with Crippen molar-refractivity contribution in [1.82, 2.24) is 4.90 Å². The second-order valence-electron chi connectivity index (χ2n) is 7.05. The largest absolute Gasteiger partial charge is 0.503 e. The van der Waals surface area contributed by atoms with E-state index in [1.54, 1.807) is 36.3 Å². The highest BCUT2D eigenvalue weighted by Gasteiger charge is 2.43. The number of amides is 1. The zero-order valence-electron chi connectivity index (χ0n) is 16.3. The summed E-state index contributed by atoms with van der Waals surface area (Å²) >= 11 is 1.30. The molecule has 0 bridgehead atoms. The fourth-order valence-electron chi connectivity index (χ4n) is 3.39. The van der Waals surface area contributed by atoms with Crippen LogP contribution in [0.2, 0.25) is 0 Å². The van der Waals surface area contributed by atoms with Gasteiger partial charge in [-0.3, -0.25) is 9.59 Å². The number of hydrogen-bond donors (Lipinski definition) is 2. The average Bonchev–Trinajstić information content (AvgIpc) is 3.30. The summed E-state index contributed by atoms with van der Waals surface area (Å²) in [6.07, 6.45) is 0.772. The van der Waals surface area contributed by atoms with Crippen molar-refractivity contribution in [1.29, 1.82) is 0 Å². The van der Waals surface area contributed by atoms with E-state index in [0.29, 0.717) is 17.2 Å². The number of ether oxygens (including phenoxy) is 1. The molecule has 0 spiro atoms. The number of Topliss-reactive ketones (excluding diaryl/α,β-unsaturated/α-hetero) is 1. The average molecular weight is 402 g/mol. The van der Waals surface area contributed by atoms with E-state index in [1.807, 2.05) is 31.6 Å². The van der Waals surface area contributed by atoms with E-state index in [-0.39, 0.29) is 11.4 Å². The SMILES string of the molecule is COc1ccc([C@@H]2C(C(=O)c3cccs3)=C(O)C(=O)N2CCC[NH+](C)C)cc1. The van der Waals surface area contributed by atoms with Crippen LogP contribution in [0.15, 0.2) is 53.1 Å². The maximum absolute atomic E-state index is 13.1. The van der Waals surface area contributed by atoms with E-state index >= 15 is 0 Å². The molecular weight excluding hydrogens is 376 g/mol. The van der Waals surface area contributed by atoms with Gasteiger partial charge in [0.1, 0.15) is 5.75 Å². The summed E-state index contributed by atoms with van der Waals surface area (Å²) in [5.41, 5.74) is 0.921. The Kier molecular flexibility index (Phi) is 6.16. The minimum absolute atomic E-state index is 0.148. The van der Waals surface area contributed by atoms with Gasteiger partial charge in [0.25, 0.3) is 5.91 Å². The second kappa shape index (κ2) is 8.58. The fourth-order valence-corrected chi connectivity index (χ4v) is 4.07. The molecule has 1 aliphatic rings. The summed E-state index contributed by atoms with van der Waals surface area (Å²) in [5.74, 6) is -0.552. The number of methoxy groups -OCH3 is 1. The van der Waals surface area contributed by atoms with Crippen LogP contribution >= 0.6 is 11.3 Å². The maximum Gasteiger partial charge on any atom is 0.290 e. The third kappa shape index (κ3) is 3.95. The fraction of sp³-hybridized carbons (Fsp3) is 0.333.